The first-order valence-electron chi connectivity index (χ1n) is 10.5. The van der Waals surface area contributed by atoms with E-state index in [1.54, 1.807) is 11.1 Å². The molecule has 1 aliphatic carbocycles. The van der Waals surface area contributed by atoms with Crippen molar-refractivity contribution >= 4 is 11.8 Å². The largest absolute Gasteiger partial charge is 0.348 e. The van der Waals surface area contributed by atoms with Crippen LogP contribution in [0.3, 0.4) is 0 Å². The van der Waals surface area contributed by atoms with E-state index in [9.17, 15) is 9.59 Å². The zero-order valence-corrected chi connectivity index (χ0v) is 17.3. The van der Waals surface area contributed by atoms with Gasteiger partial charge in [-0.15, -0.1) is 0 Å². The van der Waals surface area contributed by atoms with E-state index in [4.69, 9.17) is 0 Å². The molecule has 1 aromatic heterocycles. The smallest absolute Gasteiger partial charge is 0.228 e. The van der Waals surface area contributed by atoms with Gasteiger partial charge in [0.2, 0.25) is 11.8 Å². The molecule has 29 heavy (non-hydrogen) atoms. The number of rotatable bonds is 5. The molecular formula is C24H29N3O2. The molecule has 2 heterocycles. The number of likely N-dealkylation sites (tertiary alicyclic amines) is 1. The highest BCUT2D eigenvalue weighted by Crippen LogP contribution is 2.40. The van der Waals surface area contributed by atoms with Gasteiger partial charge in [0.1, 0.15) is 0 Å². The van der Waals surface area contributed by atoms with Gasteiger partial charge in [0.15, 0.2) is 0 Å². The molecule has 152 valence electrons. The van der Waals surface area contributed by atoms with E-state index in [2.05, 4.69) is 23.2 Å². The maximum absolute atomic E-state index is 13.3. The van der Waals surface area contributed by atoms with Gasteiger partial charge in [-0.25, -0.2) is 0 Å². The summed E-state index contributed by atoms with van der Waals surface area (Å²) in [6, 6.07) is 12.3. The number of nitrogens with zero attached hydrogens (tertiary/aromatic N) is 3. The Hall–Kier alpha value is -2.69. The fraction of sp³-hybridized carbons (Fsp3) is 0.458. The second kappa shape index (κ2) is 7.97. The molecule has 2 fully saturated rings. The predicted octanol–water partition coefficient (Wildman–Crippen LogP) is 3.40. The van der Waals surface area contributed by atoms with Gasteiger partial charge < -0.3 is 9.80 Å². The van der Waals surface area contributed by atoms with Crippen LogP contribution in [0.1, 0.15) is 31.2 Å². The van der Waals surface area contributed by atoms with Gasteiger partial charge in [-0.3, -0.25) is 14.6 Å². The van der Waals surface area contributed by atoms with Crippen molar-refractivity contribution in [2.75, 3.05) is 27.2 Å². The summed E-state index contributed by atoms with van der Waals surface area (Å²) in [6.07, 6.45) is 7.80. The number of pyridine rings is 1. The monoisotopic (exact) mass is 391 g/mol. The first-order chi connectivity index (χ1) is 14.0. The lowest BCUT2D eigenvalue weighted by molar-refractivity contribution is -0.146. The molecule has 1 aromatic carbocycles. The number of benzene rings is 1. The maximum Gasteiger partial charge on any atom is 0.228 e. The van der Waals surface area contributed by atoms with Gasteiger partial charge in [-0.2, -0.15) is 0 Å². The molecule has 5 heteroatoms. The van der Waals surface area contributed by atoms with Crippen LogP contribution >= 0.6 is 0 Å². The minimum Gasteiger partial charge on any atom is -0.348 e. The summed E-state index contributed by atoms with van der Waals surface area (Å²) in [5.74, 6) is 0.682. The molecule has 4 rings (SSSR count). The quantitative estimate of drug-likeness (QED) is 0.785. The van der Waals surface area contributed by atoms with Crippen molar-refractivity contribution in [3.8, 4) is 11.1 Å². The Morgan fingerprint density at radius 3 is 2.45 bits per heavy atom. The number of piperidine rings is 1. The highest BCUT2D eigenvalue weighted by molar-refractivity contribution is 5.85. The first kappa shape index (κ1) is 19.6. The van der Waals surface area contributed by atoms with Gasteiger partial charge in [0.25, 0.3) is 0 Å². The van der Waals surface area contributed by atoms with Gasteiger partial charge in [0, 0.05) is 51.1 Å². The number of carbonyl (C=O) groups excluding carboxylic acids is 2. The van der Waals surface area contributed by atoms with Crippen molar-refractivity contribution in [1.29, 1.82) is 0 Å². The molecule has 1 saturated heterocycles. The lowest BCUT2D eigenvalue weighted by Crippen LogP contribution is -2.51. The molecule has 0 N–H and O–H groups in total. The summed E-state index contributed by atoms with van der Waals surface area (Å²) >= 11 is 0. The molecule has 1 saturated carbocycles. The van der Waals surface area contributed by atoms with Crippen molar-refractivity contribution in [3.05, 3.63) is 54.4 Å². The number of hydrogen-bond donors (Lipinski definition) is 0. The van der Waals surface area contributed by atoms with Crippen molar-refractivity contribution in [2.45, 2.75) is 32.1 Å². The second-order valence-corrected chi connectivity index (χ2v) is 8.66. The fourth-order valence-corrected chi connectivity index (χ4v) is 4.53. The van der Waals surface area contributed by atoms with Crippen molar-refractivity contribution < 1.29 is 9.59 Å². The Morgan fingerprint density at radius 1 is 1.10 bits per heavy atom. The Morgan fingerprint density at radius 2 is 1.83 bits per heavy atom. The summed E-state index contributed by atoms with van der Waals surface area (Å²) in [7, 11) is 3.66. The highest BCUT2D eigenvalue weighted by atomic mass is 16.2. The zero-order valence-electron chi connectivity index (χ0n) is 17.3. The average Bonchev–Trinajstić information content (AvgIpc) is 3.59. The van der Waals surface area contributed by atoms with Crippen LogP contribution in [-0.2, 0) is 16.0 Å². The minimum atomic E-state index is -0.470. The molecule has 5 nitrogen and oxygen atoms in total. The van der Waals surface area contributed by atoms with E-state index in [0.717, 1.165) is 29.5 Å². The van der Waals surface area contributed by atoms with Crippen molar-refractivity contribution in [2.24, 2.45) is 11.3 Å². The highest BCUT2D eigenvalue weighted by Gasteiger charge is 2.45. The molecule has 2 aromatic rings. The third kappa shape index (κ3) is 4.04. The number of amides is 2. The Kier molecular flexibility index (Phi) is 5.39. The van der Waals surface area contributed by atoms with E-state index >= 15 is 0 Å². The molecule has 0 atom stereocenters. The Bertz CT molecular complexity index is 882. The molecule has 0 radical (unpaired) electrons. The van der Waals surface area contributed by atoms with Gasteiger partial charge in [0.05, 0.1) is 5.41 Å². The van der Waals surface area contributed by atoms with Crippen molar-refractivity contribution in [1.82, 2.24) is 14.8 Å². The third-order valence-corrected chi connectivity index (χ3v) is 6.34. The molecule has 1 aliphatic heterocycles. The molecule has 0 spiro atoms. The van der Waals surface area contributed by atoms with E-state index in [0.29, 0.717) is 32.4 Å². The van der Waals surface area contributed by atoms with Crippen LogP contribution < -0.4 is 0 Å². The number of carbonyl (C=O) groups is 2. The van der Waals surface area contributed by atoms with E-state index in [-0.39, 0.29) is 17.7 Å². The molecule has 0 unspecified atom stereocenters. The van der Waals surface area contributed by atoms with Gasteiger partial charge in [-0.1, -0.05) is 30.3 Å². The van der Waals surface area contributed by atoms with Gasteiger partial charge >= 0.3 is 0 Å². The normalized spacial score (nSPS) is 18.3. The zero-order chi connectivity index (χ0) is 20.4. The summed E-state index contributed by atoms with van der Waals surface area (Å²) < 4.78 is 0. The van der Waals surface area contributed by atoms with Crippen LogP contribution in [0.15, 0.2) is 48.8 Å². The number of aromatic nitrogens is 1. The molecule has 0 bridgehead atoms. The maximum atomic E-state index is 13.3. The van der Waals surface area contributed by atoms with Crippen LogP contribution in [0.25, 0.3) is 11.1 Å². The topological polar surface area (TPSA) is 53.5 Å². The molecule has 2 amide bonds. The third-order valence-electron chi connectivity index (χ3n) is 6.34. The van der Waals surface area contributed by atoms with Gasteiger partial charge in [-0.05, 0) is 49.3 Å². The average molecular weight is 392 g/mol. The summed E-state index contributed by atoms with van der Waals surface area (Å²) in [6.45, 7) is 1.34. The fourth-order valence-electron chi connectivity index (χ4n) is 4.53. The first-order valence-corrected chi connectivity index (χ1v) is 10.5. The van der Waals surface area contributed by atoms with Crippen LogP contribution in [0.5, 0.6) is 0 Å². The SMILES string of the molecule is CN(C)C(=O)C1(Cc2ccccc2-c2cccnc2)CCN(C(=O)C2CC2)CC1. The summed E-state index contributed by atoms with van der Waals surface area (Å²) in [5.41, 5.74) is 2.89. The second-order valence-electron chi connectivity index (χ2n) is 8.66. The van der Waals surface area contributed by atoms with Crippen LogP contribution in [-0.4, -0.2) is 53.8 Å². The molecule has 2 aliphatic rings. The molecular weight excluding hydrogens is 362 g/mol. The Labute approximate surface area is 172 Å². The standard InChI is InChI=1S/C24H29N3O2/c1-26(2)23(29)24(11-14-27(15-12-24)22(28)18-9-10-18)16-19-6-3-4-8-21(19)20-7-5-13-25-17-20/h3-8,13,17-18H,9-12,14-16H2,1-2H3. The summed E-state index contributed by atoms with van der Waals surface area (Å²) in [5, 5.41) is 0. The van der Waals surface area contributed by atoms with Crippen molar-refractivity contribution in [3.63, 3.8) is 0 Å². The number of hydrogen-bond acceptors (Lipinski definition) is 3. The van der Waals surface area contributed by atoms with E-state index in [1.807, 2.05) is 43.4 Å². The van der Waals surface area contributed by atoms with Crippen LogP contribution in [0.2, 0.25) is 0 Å². The van der Waals surface area contributed by atoms with Crippen LogP contribution in [0.4, 0.5) is 0 Å². The lowest BCUT2D eigenvalue weighted by atomic mass is 9.71. The predicted molar refractivity (Wildman–Crippen MR) is 113 cm³/mol. The van der Waals surface area contributed by atoms with Crippen LogP contribution in [0, 0.1) is 11.3 Å². The van der Waals surface area contributed by atoms with E-state index in [1.165, 1.54) is 0 Å². The summed E-state index contributed by atoms with van der Waals surface area (Å²) in [4.78, 5) is 33.8. The lowest BCUT2D eigenvalue weighted by Gasteiger charge is -2.42. The van der Waals surface area contributed by atoms with E-state index < -0.39 is 5.41 Å². The Balaban J connectivity index is 1.61. The minimum absolute atomic E-state index is 0.164.